The van der Waals surface area contributed by atoms with Gasteiger partial charge in [0.15, 0.2) is 0 Å². The molecule has 3 rings (SSSR count). The number of nitrogens with zero attached hydrogens (tertiary/aromatic N) is 2. The minimum absolute atomic E-state index is 0.368. The maximum atomic E-state index is 4.52. The van der Waals surface area contributed by atoms with Gasteiger partial charge in [0, 0.05) is 25.5 Å². The molecule has 1 aliphatic carbocycles. The van der Waals surface area contributed by atoms with Crippen LogP contribution in [-0.2, 0) is 6.54 Å². The molecule has 1 aromatic rings. The maximum absolute atomic E-state index is 4.52. The lowest BCUT2D eigenvalue weighted by Gasteiger charge is -2.45. The van der Waals surface area contributed by atoms with E-state index in [9.17, 15) is 0 Å². The molecule has 1 aliphatic heterocycles. The van der Waals surface area contributed by atoms with Gasteiger partial charge >= 0.3 is 0 Å². The van der Waals surface area contributed by atoms with Crippen molar-refractivity contribution in [1.82, 2.24) is 14.9 Å². The highest BCUT2D eigenvalue weighted by Gasteiger charge is 2.41. The molecule has 1 atom stereocenters. The average molecular weight is 205 g/mol. The Morgan fingerprint density at radius 1 is 1.53 bits per heavy atom. The van der Waals surface area contributed by atoms with Crippen molar-refractivity contribution in [2.24, 2.45) is 11.3 Å². The molecule has 1 saturated heterocycles. The van der Waals surface area contributed by atoms with Gasteiger partial charge < -0.3 is 9.88 Å². The van der Waals surface area contributed by atoms with Crippen LogP contribution in [0.5, 0.6) is 0 Å². The first kappa shape index (κ1) is 9.40. The molecule has 1 aromatic heterocycles. The summed E-state index contributed by atoms with van der Waals surface area (Å²) >= 11 is 0. The van der Waals surface area contributed by atoms with Crippen LogP contribution < -0.4 is 5.32 Å². The molecule has 3 nitrogen and oxygen atoms in total. The SMILES string of the molecule is CC1(C)CN[C@H]1c1nccn1CC1CC1. The summed E-state index contributed by atoms with van der Waals surface area (Å²) in [5.74, 6) is 2.15. The average Bonchev–Trinajstić information content (AvgIpc) is 2.87. The van der Waals surface area contributed by atoms with E-state index in [-0.39, 0.29) is 0 Å². The maximum Gasteiger partial charge on any atom is 0.126 e. The Kier molecular flexibility index (Phi) is 1.93. The zero-order valence-corrected chi connectivity index (χ0v) is 9.53. The summed E-state index contributed by atoms with van der Waals surface area (Å²) in [7, 11) is 0. The molecule has 82 valence electrons. The van der Waals surface area contributed by atoms with E-state index in [0.29, 0.717) is 11.5 Å². The Balaban J connectivity index is 1.81. The van der Waals surface area contributed by atoms with E-state index < -0.39 is 0 Å². The second kappa shape index (κ2) is 3.08. The van der Waals surface area contributed by atoms with Crippen LogP contribution in [0.25, 0.3) is 0 Å². The van der Waals surface area contributed by atoms with Crippen LogP contribution in [0.15, 0.2) is 12.4 Å². The molecule has 0 aromatic carbocycles. The van der Waals surface area contributed by atoms with Crippen LogP contribution in [-0.4, -0.2) is 16.1 Å². The number of imidazole rings is 1. The lowest BCUT2D eigenvalue weighted by molar-refractivity contribution is 0.117. The Hall–Kier alpha value is -0.830. The van der Waals surface area contributed by atoms with E-state index in [1.54, 1.807) is 0 Å². The molecule has 0 radical (unpaired) electrons. The van der Waals surface area contributed by atoms with Crippen molar-refractivity contribution >= 4 is 0 Å². The predicted molar refractivity (Wildman–Crippen MR) is 59.5 cm³/mol. The number of hydrogen-bond acceptors (Lipinski definition) is 2. The van der Waals surface area contributed by atoms with Crippen molar-refractivity contribution < 1.29 is 0 Å². The molecule has 0 unspecified atom stereocenters. The van der Waals surface area contributed by atoms with E-state index >= 15 is 0 Å². The van der Waals surface area contributed by atoms with Gasteiger partial charge in [-0.15, -0.1) is 0 Å². The molecule has 2 heterocycles. The fraction of sp³-hybridized carbons (Fsp3) is 0.750. The van der Waals surface area contributed by atoms with Crippen LogP contribution in [0.2, 0.25) is 0 Å². The second-order valence-electron chi connectivity index (χ2n) is 5.68. The first-order valence-corrected chi connectivity index (χ1v) is 5.91. The highest BCUT2D eigenvalue weighted by Crippen LogP contribution is 2.40. The van der Waals surface area contributed by atoms with Crippen molar-refractivity contribution in [1.29, 1.82) is 0 Å². The van der Waals surface area contributed by atoms with Gasteiger partial charge in [-0.25, -0.2) is 4.98 Å². The number of rotatable bonds is 3. The molecule has 0 bridgehead atoms. The molecule has 3 heteroatoms. The van der Waals surface area contributed by atoms with E-state index in [4.69, 9.17) is 0 Å². The standard InChI is InChI=1S/C12H19N3/c1-12(2)8-14-10(12)11-13-5-6-15(11)7-9-3-4-9/h5-6,9-10,14H,3-4,7-8H2,1-2H3/t10-/m0/s1. The third kappa shape index (κ3) is 1.59. The summed E-state index contributed by atoms with van der Waals surface area (Å²) < 4.78 is 2.34. The lowest BCUT2D eigenvalue weighted by Crippen LogP contribution is -2.53. The van der Waals surface area contributed by atoms with Crippen LogP contribution in [0, 0.1) is 11.3 Å². The van der Waals surface area contributed by atoms with Gasteiger partial charge in [-0.2, -0.15) is 0 Å². The number of aromatic nitrogens is 2. The summed E-state index contributed by atoms with van der Waals surface area (Å²) in [6, 6.07) is 0.450. The van der Waals surface area contributed by atoms with Gasteiger partial charge in [0.05, 0.1) is 6.04 Å². The topological polar surface area (TPSA) is 29.9 Å². The summed E-state index contributed by atoms with van der Waals surface area (Å²) in [4.78, 5) is 4.52. The van der Waals surface area contributed by atoms with Crippen molar-refractivity contribution in [2.75, 3.05) is 6.54 Å². The van der Waals surface area contributed by atoms with Gasteiger partial charge in [0.2, 0.25) is 0 Å². The zero-order valence-electron chi connectivity index (χ0n) is 9.53. The largest absolute Gasteiger partial charge is 0.333 e. The molecule has 2 aliphatic rings. The summed E-state index contributed by atoms with van der Waals surface area (Å²) in [5.41, 5.74) is 0.368. The molecule has 0 spiro atoms. The van der Waals surface area contributed by atoms with Gasteiger partial charge in [-0.05, 0) is 24.2 Å². The summed E-state index contributed by atoms with van der Waals surface area (Å²) in [6.45, 7) is 6.90. The molecule has 2 fully saturated rings. The van der Waals surface area contributed by atoms with E-state index in [1.807, 2.05) is 6.20 Å². The van der Waals surface area contributed by atoms with E-state index in [1.165, 1.54) is 25.2 Å². The second-order valence-corrected chi connectivity index (χ2v) is 5.68. The van der Waals surface area contributed by atoms with Crippen molar-refractivity contribution in [3.8, 4) is 0 Å². The monoisotopic (exact) mass is 205 g/mol. The Labute approximate surface area is 90.9 Å². The van der Waals surface area contributed by atoms with Gasteiger partial charge in [0.1, 0.15) is 5.82 Å². The summed E-state index contributed by atoms with van der Waals surface area (Å²) in [6.07, 6.45) is 6.87. The fourth-order valence-electron chi connectivity index (χ4n) is 2.37. The van der Waals surface area contributed by atoms with Crippen molar-refractivity contribution in [3.05, 3.63) is 18.2 Å². The van der Waals surface area contributed by atoms with Crippen molar-refractivity contribution in [3.63, 3.8) is 0 Å². The Bertz CT molecular complexity index is 363. The van der Waals surface area contributed by atoms with Crippen LogP contribution in [0.3, 0.4) is 0 Å². The van der Waals surface area contributed by atoms with E-state index in [0.717, 1.165) is 12.5 Å². The number of hydrogen-bond donors (Lipinski definition) is 1. The Morgan fingerprint density at radius 3 is 2.87 bits per heavy atom. The quantitative estimate of drug-likeness (QED) is 0.817. The minimum atomic E-state index is 0.368. The van der Waals surface area contributed by atoms with Gasteiger partial charge in [-0.3, -0.25) is 0 Å². The van der Waals surface area contributed by atoms with Crippen LogP contribution in [0.1, 0.15) is 38.6 Å². The highest BCUT2D eigenvalue weighted by atomic mass is 15.2. The number of nitrogens with one attached hydrogen (secondary N) is 1. The third-order valence-electron chi connectivity index (χ3n) is 3.70. The zero-order chi connectivity index (χ0) is 10.5. The van der Waals surface area contributed by atoms with Gasteiger partial charge in [-0.1, -0.05) is 13.8 Å². The molecule has 0 amide bonds. The first-order chi connectivity index (χ1) is 7.17. The first-order valence-electron chi connectivity index (χ1n) is 5.91. The predicted octanol–water partition coefficient (Wildman–Crippen LogP) is 1.96. The van der Waals surface area contributed by atoms with Gasteiger partial charge in [0.25, 0.3) is 0 Å². The molecule has 1 saturated carbocycles. The minimum Gasteiger partial charge on any atom is -0.333 e. The molecular weight excluding hydrogens is 186 g/mol. The van der Waals surface area contributed by atoms with Crippen LogP contribution in [0.4, 0.5) is 0 Å². The summed E-state index contributed by atoms with van der Waals surface area (Å²) in [5, 5.41) is 3.49. The van der Waals surface area contributed by atoms with Crippen molar-refractivity contribution in [2.45, 2.75) is 39.3 Å². The lowest BCUT2D eigenvalue weighted by atomic mass is 9.77. The molecule has 15 heavy (non-hydrogen) atoms. The fourth-order valence-corrected chi connectivity index (χ4v) is 2.37. The smallest absolute Gasteiger partial charge is 0.126 e. The molecular formula is C12H19N3. The molecule has 1 N–H and O–H groups in total. The van der Waals surface area contributed by atoms with E-state index in [2.05, 4.69) is 34.9 Å². The highest BCUT2D eigenvalue weighted by molar-refractivity contribution is 5.11. The Morgan fingerprint density at radius 2 is 2.33 bits per heavy atom. The normalized spacial score (nSPS) is 28.8. The van der Waals surface area contributed by atoms with Crippen LogP contribution >= 0.6 is 0 Å². The third-order valence-corrected chi connectivity index (χ3v) is 3.70.